The van der Waals surface area contributed by atoms with Crippen molar-refractivity contribution in [2.75, 3.05) is 25.3 Å². The summed E-state index contributed by atoms with van der Waals surface area (Å²) in [6.07, 6.45) is 0.253. The second-order valence-corrected chi connectivity index (χ2v) is 7.56. The Labute approximate surface area is 165 Å². The molecule has 0 radical (unpaired) electrons. The van der Waals surface area contributed by atoms with E-state index in [1.165, 1.54) is 11.3 Å². The van der Waals surface area contributed by atoms with Crippen molar-refractivity contribution in [3.8, 4) is 17.6 Å². The summed E-state index contributed by atoms with van der Waals surface area (Å²) in [4.78, 5) is 17.0. The van der Waals surface area contributed by atoms with Crippen molar-refractivity contribution < 1.29 is 14.3 Å². The fourth-order valence-electron chi connectivity index (χ4n) is 3.68. The molecule has 0 bridgehead atoms. The SMILES string of the molecule is COc1ccc(OC)c([C@@H]2CC(=O)Nc3sc4c(C)c(C#N)c(N)nc4c32)c1. The lowest BCUT2D eigenvalue weighted by Crippen LogP contribution is -2.22. The van der Waals surface area contributed by atoms with Crippen molar-refractivity contribution in [2.24, 2.45) is 0 Å². The van der Waals surface area contributed by atoms with Gasteiger partial charge in [0, 0.05) is 23.5 Å². The fourth-order valence-corrected chi connectivity index (χ4v) is 4.91. The second kappa shape index (κ2) is 6.69. The molecule has 7 nitrogen and oxygen atoms in total. The molecule has 0 saturated carbocycles. The molecule has 0 saturated heterocycles. The molecule has 1 aromatic carbocycles. The number of nitrogens with one attached hydrogen (secondary N) is 1. The number of aromatic nitrogens is 1. The molecule has 1 atom stereocenters. The van der Waals surface area contributed by atoms with Gasteiger partial charge in [-0.2, -0.15) is 5.26 Å². The van der Waals surface area contributed by atoms with Gasteiger partial charge in [-0.25, -0.2) is 4.98 Å². The minimum absolute atomic E-state index is 0.0833. The number of rotatable bonds is 3. The molecule has 0 spiro atoms. The Bertz CT molecular complexity index is 1160. The standard InChI is InChI=1S/C20H18N4O3S/c1-9-13(8-21)19(22)24-17-16-12(7-15(25)23-20(16)28-18(9)17)11-6-10(26-2)4-5-14(11)27-3/h4-6,12H,7H2,1-3H3,(H2,22,24)(H,23,25)/t12-/m0/s1. The van der Waals surface area contributed by atoms with Crippen LogP contribution in [0.4, 0.5) is 10.8 Å². The van der Waals surface area contributed by atoms with Gasteiger partial charge in [-0.3, -0.25) is 4.79 Å². The van der Waals surface area contributed by atoms with Crippen molar-refractivity contribution in [1.82, 2.24) is 4.98 Å². The van der Waals surface area contributed by atoms with E-state index in [9.17, 15) is 10.1 Å². The Balaban J connectivity index is 2.02. The first-order valence-corrected chi connectivity index (χ1v) is 9.44. The molecule has 1 aliphatic heterocycles. The summed E-state index contributed by atoms with van der Waals surface area (Å²) in [5.74, 6) is 1.20. The third-order valence-corrected chi connectivity index (χ3v) is 6.27. The molecule has 0 fully saturated rings. The normalized spacial score (nSPS) is 15.6. The number of hydrogen-bond acceptors (Lipinski definition) is 7. The predicted molar refractivity (Wildman–Crippen MR) is 108 cm³/mol. The maximum Gasteiger partial charge on any atom is 0.225 e. The van der Waals surface area contributed by atoms with Crippen molar-refractivity contribution in [3.63, 3.8) is 0 Å². The lowest BCUT2D eigenvalue weighted by molar-refractivity contribution is -0.116. The second-order valence-electron chi connectivity index (χ2n) is 6.54. The van der Waals surface area contributed by atoms with Crippen LogP contribution < -0.4 is 20.5 Å². The Hall–Kier alpha value is -3.31. The molecular formula is C20H18N4O3S. The van der Waals surface area contributed by atoms with Crippen LogP contribution in [0.2, 0.25) is 0 Å². The van der Waals surface area contributed by atoms with E-state index in [0.29, 0.717) is 22.6 Å². The number of nitrogens with two attached hydrogens (primary N) is 1. The molecule has 1 aliphatic rings. The highest BCUT2D eigenvalue weighted by atomic mass is 32.1. The fraction of sp³-hybridized carbons (Fsp3) is 0.250. The van der Waals surface area contributed by atoms with Crippen LogP contribution in [0.3, 0.4) is 0 Å². The van der Waals surface area contributed by atoms with E-state index in [-0.39, 0.29) is 24.1 Å². The summed E-state index contributed by atoms with van der Waals surface area (Å²) < 4.78 is 11.8. The monoisotopic (exact) mass is 394 g/mol. The summed E-state index contributed by atoms with van der Waals surface area (Å²) in [5, 5.41) is 13.1. The van der Waals surface area contributed by atoms with E-state index < -0.39 is 0 Å². The van der Waals surface area contributed by atoms with Crippen LogP contribution >= 0.6 is 11.3 Å². The number of thiophene rings is 1. The number of ether oxygens (including phenoxy) is 2. The molecule has 0 aliphatic carbocycles. The minimum Gasteiger partial charge on any atom is -0.497 e. The third-order valence-electron chi connectivity index (χ3n) is 5.04. The van der Waals surface area contributed by atoms with Gasteiger partial charge in [-0.05, 0) is 30.7 Å². The van der Waals surface area contributed by atoms with Crippen molar-refractivity contribution in [2.45, 2.75) is 19.3 Å². The van der Waals surface area contributed by atoms with Crippen LogP contribution in [-0.4, -0.2) is 25.1 Å². The molecule has 142 valence electrons. The van der Waals surface area contributed by atoms with E-state index in [4.69, 9.17) is 15.2 Å². The number of hydrogen-bond donors (Lipinski definition) is 2. The zero-order chi connectivity index (χ0) is 20.0. The van der Waals surface area contributed by atoms with Crippen LogP contribution in [0.1, 0.15) is 34.6 Å². The van der Waals surface area contributed by atoms with Crippen LogP contribution in [0.25, 0.3) is 10.2 Å². The predicted octanol–water partition coefficient (Wildman–Crippen LogP) is 3.55. The van der Waals surface area contributed by atoms with Crippen molar-refractivity contribution in [3.05, 3.63) is 40.5 Å². The molecule has 3 aromatic rings. The number of benzene rings is 1. The maximum absolute atomic E-state index is 12.4. The van der Waals surface area contributed by atoms with Gasteiger partial charge in [0.05, 0.1) is 30.0 Å². The van der Waals surface area contributed by atoms with Crippen molar-refractivity contribution in [1.29, 1.82) is 5.26 Å². The van der Waals surface area contributed by atoms with Gasteiger partial charge < -0.3 is 20.5 Å². The highest BCUT2D eigenvalue weighted by molar-refractivity contribution is 7.23. The molecule has 4 rings (SSSR count). The molecule has 3 heterocycles. The first-order chi connectivity index (χ1) is 13.5. The van der Waals surface area contributed by atoms with Crippen LogP contribution in [0.5, 0.6) is 11.5 Å². The number of methoxy groups -OCH3 is 2. The largest absolute Gasteiger partial charge is 0.497 e. The van der Waals surface area contributed by atoms with Gasteiger partial charge in [0.15, 0.2) is 0 Å². The highest BCUT2D eigenvalue weighted by Crippen LogP contribution is 2.49. The van der Waals surface area contributed by atoms with E-state index in [2.05, 4.69) is 16.4 Å². The van der Waals surface area contributed by atoms with E-state index in [1.54, 1.807) is 14.2 Å². The topological polar surface area (TPSA) is 110 Å². The van der Waals surface area contributed by atoms with Gasteiger partial charge in [-0.1, -0.05) is 0 Å². The number of carbonyl (C=O) groups excluding carboxylic acids is 1. The molecular weight excluding hydrogens is 376 g/mol. The minimum atomic E-state index is -0.262. The number of fused-ring (bicyclic) bond motifs is 3. The lowest BCUT2D eigenvalue weighted by Gasteiger charge is -2.25. The summed E-state index contributed by atoms with van der Waals surface area (Å²) >= 11 is 1.42. The van der Waals surface area contributed by atoms with Crippen LogP contribution in [0.15, 0.2) is 18.2 Å². The third kappa shape index (κ3) is 2.63. The van der Waals surface area contributed by atoms with Crippen molar-refractivity contribution >= 4 is 38.3 Å². The number of amides is 1. The number of aryl methyl sites for hydroxylation is 1. The maximum atomic E-state index is 12.4. The average Bonchev–Trinajstić information content (AvgIpc) is 3.05. The molecule has 0 unspecified atom stereocenters. The first-order valence-electron chi connectivity index (χ1n) is 8.62. The molecule has 8 heteroatoms. The smallest absolute Gasteiger partial charge is 0.225 e. The quantitative estimate of drug-likeness (QED) is 0.703. The van der Waals surface area contributed by atoms with E-state index in [0.717, 1.165) is 26.4 Å². The summed E-state index contributed by atoms with van der Waals surface area (Å²) in [6.45, 7) is 1.85. The van der Waals surface area contributed by atoms with Crippen LogP contribution in [-0.2, 0) is 4.79 Å². The summed E-state index contributed by atoms with van der Waals surface area (Å²) in [6, 6.07) is 7.65. The summed E-state index contributed by atoms with van der Waals surface area (Å²) in [7, 11) is 3.19. The highest BCUT2D eigenvalue weighted by Gasteiger charge is 2.34. The lowest BCUT2D eigenvalue weighted by atomic mass is 9.85. The number of nitriles is 1. The van der Waals surface area contributed by atoms with Gasteiger partial charge in [0.2, 0.25) is 5.91 Å². The van der Waals surface area contributed by atoms with E-state index >= 15 is 0 Å². The Morgan fingerprint density at radius 1 is 1.36 bits per heavy atom. The first kappa shape index (κ1) is 18.1. The average molecular weight is 394 g/mol. The molecule has 1 amide bonds. The van der Waals surface area contributed by atoms with Crippen LogP contribution in [0, 0.1) is 18.3 Å². The van der Waals surface area contributed by atoms with E-state index in [1.807, 2.05) is 25.1 Å². The molecule has 3 N–H and O–H groups in total. The number of nitrogens with zero attached hydrogens (tertiary/aromatic N) is 2. The molecule has 2 aromatic heterocycles. The summed E-state index contributed by atoms with van der Waals surface area (Å²) in [5.41, 5.74) is 9.64. The molecule has 28 heavy (non-hydrogen) atoms. The number of nitrogen functional groups attached to an aromatic ring is 1. The Kier molecular flexibility index (Phi) is 4.32. The number of anilines is 2. The zero-order valence-corrected chi connectivity index (χ0v) is 16.4. The van der Waals surface area contributed by atoms with Gasteiger partial charge in [0.1, 0.15) is 28.4 Å². The number of pyridine rings is 1. The number of carbonyl (C=O) groups is 1. The Morgan fingerprint density at radius 3 is 2.82 bits per heavy atom. The Morgan fingerprint density at radius 2 is 2.14 bits per heavy atom. The zero-order valence-electron chi connectivity index (χ0n) is 15.6. The van der Waals surface area contributed by atoms with Gasteiger partial charge in [0.25, 0.3) is 0 Å². The van der Waals surface area contributed by atoms with Gasteiger partial charge >= 0.3 is 0 Å². The van der Waals surface area contributed by atoms with Gasteiger partial charge in [-0.15, -0.1) is 11.3 Å².